The van der Waals surface area contributed by atoms with E-state index in [0.717, 1.165) is 5.56 Å². The first kappa shape index (κ1) is 15.6. The maximum Gasteiger partial charge on any atom is 0.241 e. The van der Waals surface area contributed by atoms with Gasteiger partial charge in [0.25, 0.3) is 0 Å². The molecule has 0 aliphatic rings. The first-order chi connectivity index (χ1) is 10.0. The molecule has 0 saturated heterocycles. The van der Waals surface area contributed by atoms with Crippen LogP contribution in [0, 0.1) is 5.82 Å². The van der Waals surface area contributed by atoms with E-state index in [1.165, 1.54) is 18.2 Å². The summed E-state index contributed by atoms with van der Waals surface area (Å²) in [5, 5.41) is 0. The normalized spacial score (nSPS) is 11.5. The van der Waals surface area contributed by atoms with Gasteiger partial charge < -0.3 is 5.73 Å². The third-order valence-electron chi connectivity index (χ3n) is 3.00. The average molecular weight is 309 g/mol. The van der Waals surface area contributed by atoms with Crippen LogP contribution in [0.2, 0.25) is 0 Å². The molecule has 0 atom stereocenters. The fraction of sp³-hybridized carbons (Fsp3) is 0.214. The van der Waals surface area contributed by atoms with E-state index in [4.69, 9.17) is 5.73 Å². The molecule has 21 heavy (non-hydrogen) atoms. The topological polar surface area (TPSA) is 85.1 Å². The Labute approximate surface area is 123 Å². The second-order valence-electron chi connectivity index (χ2n) is 4.43. The van der Waals surface area contributed by atoms with Gasteiger partial charge in [0.05, 0.1) is 4.90 Å². The van der Waals surface area contributed by atoms with Gasteiger partial charge in [-0.25, -0.2) is 17.5 Å². The number of nitrogens with two attached hydrogens (primary N) is 1. The summed E-state index contributed by atoms with van der Waals surface area (Å²) in [7, 11) is -3.79. The highest BCUT2D eigenvalue weighted by molar-refractivity contribution is 7.89. The van der Waals surface area contributed by atoms with Crippen molar-refractivity contribution in [3.63, 3.8) is 0 Å². The molecule has 0 aliphatic heterocycles. The molecule has 0 aliphatic carbocycles. The highest BCUT2D eigenvalue weighted by Gasteiger charge is 2.19. The quantitative estimate of drug-likeness (QED) is 0.839. The van der Waals surface area contributed by atoms with E-state index in [9.17, 15) is 12.8 Å². The van der Waals surface area contributed by atoms with Gasteiger partial charge in [-0.3, -0.25) is 4.98 Å². The predicted octanol–water partition coefficient (Wildman–Crippen LogP) is 1.20. The number of nitrogens with one attached hydrogen (secondary N) is 1. The molecule has 0 fully saturated rings. The molecular weight excluding hydrogens is 293 g/mol. The Bertz CT molecular complexity index is 705. The molecule has 0 spiro atoms. The van der Waals surface area contributed by atoms with Crippen molar-refractivity contribution in [3.05, 3.63) is 59.7 Å². The lowest BCUT2D eigenvalue weighted by Crippen LogP contribution is -2.27. The molecule has 1 aromatic carbocycles. The number of nitrogens with zero attached hydrogens (tertiary/aromatic N) is 1. The third kappa shape index (κ3) is 3.84. The summed E-state index contributed by atoms with van der Waals surface area (Å²) in [6.45, 7) is 0.0279. The fourth-order valence-electron chi connectivity index (χ4n) is 1.94. The Hall–Kier alpha value is -1.83. The molecule has 2 rings (SSSR count). The van der Waals surface area contributed by atoms with E-state index in [0.29, 0.717) is 6.42 Å². The Morgan fingerprint density at radius 1 is 1.24 bits per heavy atom. The van der Waals surface area contributed by atoms with Crippen molar-refractivity contribution in [2.45, 2.75) is 17.9 Å². The Morgan fingerprint density at radius 2 is 2.05 bits per heavy atom. The van der Waals surface area contributed by atoms with Crippen molar-refractivity contribution in [2.24, 2.45) is 5.73 Å². The highest BCUT2D eigenvalue weighted by atomic mass is 32.2. The third-order valence-corrected chi connectivity index (χ3v) is 4.54. The van der Waals surface area contributed by atoms with Gasteiger partial charge >= 0.3 is 0 Å². The van der Waals surface area contributed by atoms with Gasteiger partial charge in [-0.2, -0.15) is 0 Å². The molecule has 0 amide bonds. The first-order valence-electron chi connectivity index (χ1n) is 6.40. The zero-order valence-electron chi connectivity index (χ0n) is 11.3. The van der Waals surface area contributed by atoms with Crippen LogP contribution >= 0.6 is 0 Å². The Kier molecular flexibility index (Phi) is 5.00. The molecule has 112 valence electrons. The van der Waals surface area contributed by atoms with Crippen molar-refractivity contribution in [1.82, 2.24) is 9.71 Å². The van der Waals surface area contributed by atoms with E-state index >= 15 is 0 Å². The van der Waals surface area contributed by atoms with Gasteiger partial charge in [-0.15, -0.1) is 0 Å². The molecule has 1 heterocycles. The number of hydrogen-bond acceptors (Lipinski definition) is 4. The first-order valence-corrected chi connectivity index (χ1v) is 7.89. The second kappa shape index (κ2) is 6.75. The van der Waals surface area contributed by atoms with Gasteiger partial charge in [0, 0.05) is 31.0 Å². The van der Waals surface area contributed by atoms with Crippen LogP contribution in [-0.4, -0.2) is 19.9 Å². The Balaban J connectivity index is 2.11. The fourth-order valence-corrected chi connectivity index (χ4v) is 3.23. The smallest absolute Gasteiger partial charge is 0.241 e. The van der Waals surface area contributed by atoms with Crippen molar-refractivity contribution >= 4 is 10.0 Å². The van der Waals surface area contributed by atoms with Crippen LogP contribution in [-0.2, 0) is 23.0 Å². The van der Waals surface area contributed by atoms with E-state index in [-0.39, 0.29) is 23.5 Å². The predicted molar refractivity (Wildman–Crippen MR) is 77.4 cm³/mol. The van der Waals surface area contributed by atoms with Gasteiger partial charge in [-0.05, 0) is 30.2 Å². The van der Waals surface area contributed by atoms with Crippen molar-refractivity contribution < 1.29 is 12.8 Å². The van der Waals surface area contributed by atoms with E-state index in [2.05, 4.69) is 9.71 Å². The van der Waals surface area contributed by atoms with Crippen LogP contribution in [0.4, 0.5) is 4.39 Å². The maximum atomic E-state index is 13.6. The molecule has 7 heteroatoms. The number of halogens is 1. The van der Waals surface area contributed by atoms with Crippen LogP contribution in [0.5, 0.6) is 0 Å². The second-order valence-corrected chi connectivity index (χ2v) is 6.17. The van der Waals surface area contributed by atoms with Crippen molar-refractivity contribution in [2.75, 3.05) is 6.54 Å². The monoisotopic (exact) mass is 309 g/mol. The lowest BCUT2D eigenvalue weighted by molar-refractivity contribution is 0.571. The number of benzene rings is 1. The Morgan fingerprint density at radius 3 is 2.71 bits per heavy atom. The molecule has 5 nitrogen and oxygen atoms in total. The zero-order chi connectivity index (χ0) is 15.3. The number of hydrogen-bond donors (Lipinski definition) is 2. The van der Waals surface area contributed by atoms with Gasteiger partial charge in [0.15, 0.2) is 0 Å². The average Bonchev–Trinajstić information content (AvgIpc) is 2.48. The van der Waals surface area contributed by atoms with Crippen LogP contribution in [0.25, 0.3) is 0 Å². The molecular formula is C14H16FN3O2S. The molecule has 3 N–H and O–H groups in total. The SMILES string of the molecule is NCc1c(F)cccc1S(=O)(=O)NCCc1cccnc1. The minimum absolute atomic E-state index is 0.00798. The van der Waals surface area contributed by atoms with Crippen LogP contribution in [0.3, 0.4) is 0 Å². The van der Waals surface area contributed by atoms with Crippen molar-refractivity contribution in [3.8, 4) is 0 Å². The molecule has 0 saturated carbocycles. The summed E-state index contributed by atoms with van der Waals surface area (Å²) in [5.41, 5.74) is 6.33. The number of rotatable bonds is 6. The van der Waals surface area contributed by atoms with Crippen LogP contribution in [0.1, 0.15) is 11.1 Å². The minimum Gasteiger partial charge on any atom is -0.326 e. The summed E-state index contributed by atoms with van der Waals surface area (Å²) in [6.07, 6.45) is 3.82. The van der Waals surface area contributed by atoms with Gasteiger partial charge in [-0.1, -0.05) is 12.1 Å². The summed E-state index contributed by atoms with van der Waals surface area (Å²) in [5.74, 6) is -0.618. The minimum atomic E-state index is -3.79. The largest absolute Gasteiger partial charge is 0.326 e. The van der Waals surface area contributed by atoms with Crippen LogP contribution < -0.4 is 10.5 Å². The molecule has 1 aromatic heterocycles. The number of sulfonamides is 1. The molecule has 0 radical (unpaired) electrons. The molecule has 0 bridgehead atoms. The highest BCUT2D eigenvalue weighted by Crippen LogP contribution is 2.18. The lowest BCUT2D eigenvalue weighted by atomic mass is 10.2. The number of aromatic nitrogens is 1. The van der Waals surface area contributed by atoms with Crippen molar-refractivity contribution in [1.29, 1.82) is 0 Å². The maximum absolute atomic E-state index is 13.6. The summed E-state index contributed by atoms with van der Waals surface area (Å²) in [6, 6.07) is 7.52. The van der Waals surface area contributed by atoms with Crippen LogP contribution in [0.15, 0.2) is 47.6 Å². The van der Waals surface area contributed by atoms with E-state index < -0.39 is 15.8 Å². The van der Waals surface area contributed by atoms with Gasteiger partial charge in [0.2, 0.25) is 10.0 Å². The summed E-state index contributed by atoms with van der Waals surface area (Å²) < 4.78 is 40.4. The lowest BCUT2D eigenvalue weighted by Gasteiger charge is -2.11. The standard InChI is InChI=1S/C14H16FN3O2S/c15-13-4-1-5-14(12(13)9-16)21(19,20)18-8-6-11-3-2-7-17-10-11/h1-5,7,10,18H,6,8-9,16H2. The summed E-state index contributed by atoms with van der Waals surface area (Å²) >= 11 is 0. The zero-order valence-corrected chi connectivity index (χ0v) is 12.1. The van der Waals surface area contributed by atoms with E-state index in [1.807, 2.05) is 6.07 Å². The van der Waals surface area contributed by atoms with Gasteiger partial charge in [0.1, 0.15) is 5.82 Å². The summed E-state index contributed by atoms with van der Waals surface area (Å²) in [4.78, 5) is 3.84. The molecule has 2 aromatic rings. The van der Waals surface area contributed by atoms with E-state index in [1.54, 1.807) is 18.5 Å². The number of pyridine rings is 1. The molecule has 0 unspecified atom stereocenters.